The van der Waals surface area contributed by atoms with Crippen LogP contribution in [0.25, 0.3) is 0 Å². The molecular formula is C17H17BrClNO. The lowest BCUT2D eigenvalue weighted by Gasteiger charge is -2.18. The van der Waals surface area contributed by atoms with Crippen molar-refractivity contribution in [3.05, 3.63) is 70.2 Å². The summed E-state index contributed by atoms with van der Waals surface area (Å²) in [5.41, 5.74) is 2.84. The van der Waals surface area contributed by atoms with E-state index < -0.39 is 0 Å². The largest absolute Gasteiger partial charge is 0.345 e. The topological polar surface area (TPSA) is 29.1 Å². The van der Waals surface area contributed by atoms with Crippen molar-refractivity contribution >= 4 is 33.4 Å². The molecule has 0 aromatic heterocycles. The zero-order valence-electron chi connectivity index (χ0n) is 11.8. The molecule has 2 aromatic rings. The number of amides is 1. The predicted octanol–water partition coefficient (Wildman–Crippen LogP) is 5.12. The maximum Gasteiger partial charge on any atom is 0.251 e. The Balaban J connectivity index is 2.12. The molecule has 0 aliphatic rings. The van der Waals surface area contributed by atoms with Gasteiger partial charge in [0.2, 0.25) is 0 Å². The summed E-state index contributed by atoms with van der Waals surface area (Å²) in [6, 6.07) is 15.2. The molecule has 0 heterocycles. The molecule has 2 aromatic carbocycles. The van der Waals surface area contributed by atoms with Gasteiger partial charge in [-0.3, -0.25) is 4.79 Å². The fourth-order valence-electron chi connectivity index (χ4n) is 2.13. The highest BCUT2D eigenvalue weighted by Gasteiger charge is 2.14. The van der Waals surface area contributed by atoms with Gasteiger partial charge in [0.1, 0.15) is 0 Å². The van der Waals surface area contributed by atoms with E-state index in [1.807, 2.05) is 55.5 Å². The van der Waals surface area contributed by atoms with Crippen LogP contribution in [0.3, 0.4) is 0 Å². The number of carbonyl (C=O) groups excluding carboxylic acids is 1. The monoisotopic (exact) mass is 365 g/mol. The van der Waals surface area contributed by atoms with E-state index in [4.69, 9.17) is 11.6 Å². The molecule has 0 saturated heterocycles. The molecule has 0 aliphatic heterocycles. The van der Waals surface area contributed by atoms with Crippen molar-refractivity contribution in [2.75, 3.05) is 0 Å². The summed E-state index contributed by atoms with van der Waals surface area (Å²) in [5, 5.41) is 4.52. The molecule has 0 saturated carbocycles. The number of hydrogen-bond donors (Lipinski definition) is 1. The van der Waals surface area contributed by atoms with Crippen LogP contribution in [-0.2, 0) is 5.33 Å². The summed E-state index contributed by atoms with van der Waals surface area (Å²) in [6.45, 7) is 2.04. The van der Waals surface area contributed by atoms with Crippen LogP contribution in [0.5, 0.6) is 0 Å². The zero-order valence-corrected chi connectivity index (χ0v) is 14.1. The van der Waals surface area contributed by atoms with Gasteiger partial charge in [-0.05, 0) is 41.8 Å². The van der Waals surface area contributed by atoms with Gasteiger partial charge in [-0.15, -0.1) is 0 Å². The molecule has 0 bridgehead atoms. The van der Waals surface area contributed by atoms with Gasteiger partial charge in [0.15, 0.2) is 0 Å². The Morgan fingerprint density at radius 3 is 2.52 bits per heavy atom. The van der Waals surface area contributed by atoms with E-state index in [-0.39, 0.29) is 11.9 Å². The number of nitrogens with one attached hydrogen (secondary N) is 1. The Hall–Kier alpha value is -1.32. The van der Waals surface area contributed by atoms with E-state index in [2.05, 4.69) is 21.2 Å². The van der Waals surface area contributed by atoms with E-state index in [0.717, 1.165) is 22.9 Å². The lowest BCUT2D eigenvalue weighted by molar-refractivity contribution is 0.0935. The fraction of sp³-hybridized carbons (Fsp3) is 0.235. The first kappa shape index (κ1) is 16.1. The minimum absolute atomic E-state index is 0.0351. The van der Waals surface area contributed by atoms with Gasteiger partial charge >= 0.3 is 0 Å². The highest BCUT2D eigenvalue weighted by Crippen LogP contribution is 2.21. The van der Waals surface area contributed by atoms with Gasteiger partial charge in [-0.2, -0.15) is 0 Å². The molecule has 2 rings (SSSR count). The Bertz CT molecular complexity index is 612. The molecule has 0 radical (unpaired) electrons. The summed E-state index contributed by atoms with van der Waals surface area (Å²) in [4.78, 5) is 12.3. The summed E-state index contributed by atoms with van der Waals surface area (Å²) in [5.74, 6) is -0.0667. The zero-order chi connectivity index (χ0) is 15.2. The van der Waals surface area contributed by atoms with E-state index in [0.29, 0.717) is 10.6 Å². The maximum atomic E-state index is 12.3. The van der Waals surface area contributed by atoms with Crippen molar-refractivity contribution in [1.29, 1.82) is 0 Å². The van der Waals surface area contributed by atoms with Crippen LogP contribution in [0, 0.1) is 0 Å². The molecule has 21 heavy (non-hydrogen) atoms. The first-order valence-corrected chi connectivity index (χ1v) is 8.35. The quantitative estimate of drug-likeness (QED) is 0.731. The average Bonchev–Trinajstić information content (AvgIpc) is 2.52. The van der Waals surface area contributed by atoms with Crippen molar-refractivity contribution in [3.8, 4) is 0 Å². The van der Waals surface area contributed by atoms with Crippen molar-refractivity contribution in [2.24, 2.45) is 0 Å². The Kier molecular flexibility index (Phi) is 5.83. The molecule has 110 valence electrons. The lowest BCUT2D eigenvalue weighted by Crippen LogP contribution is -2.28. The fourth-order valence-corrected chi connectivity index (χ4v) is 2.70. The van der Waals surface area contributed by atoms with E-state index in [1.54, 1.807) is 0 Å². The molecule has 1 atom stereocenters. The molecule has 1 amide bonds. The molecule has 1 unspecified atom stereocenters. The maximum absolute atomic E-state index is 12.3. The van der Waals surface area contributed by atoms with Gasteiger partial charge in [0, 0.05) is 15.9 Å². The second-order valence-corrected chi connectivity index (χ2v) is 5.82. The van der Waals surface area contributed by atoms with Crippen molar-refractivity contribution in [1.82, 2.24) is 5.32 Å². The van der Waals surface area contributed by atoms with Crippen LogP contribution in [0.2, 0.25) is 5.02 Å². The minimum Gasteiger partial charge on any atom is -0.345 e. The first-order valence-electron chi connectivity index (χ1n) is 6.85. The van der Waals surface area contributed by atoms with Gasteiger partial charge in [0.05, 0.1) is 6.04 Å². The highest BCUT2D eigenvalue weighted by atomic mass is 79.9. The normalized spacial score (nSPS) is 12.0. The molecule has 4 heteroatoms. The van der Waals surface area contributed by atoms with E-state index in [1.165, 1.54) is 0 Å². The van der Waals surface area contributed by atoms with E-state index >= 15 is 0 Å². The summed E-state index contributed by atoms with van der Waals surface area (Å²) in [7, 11) is 0. The standard InChI is InChI=1S/C17H17BrClNO/c1-2-16(14-4-3-5-15(19)10-14)20-17(21)13-8-6-12(11-18)7-9-13/h3-10,16H,2,11H2,1H3,(H,20,21). The number of halogens is 2. The van der Waals surface area contributed by atoms with Crippen molar-refractivity contribution in [3.63, 3.8) is 0 Å². The average molecular weight is 367 g/mol. The van der Waals surface area contributed by atoms with Crippen LogP contribution in [0.4, 0.5) is 0 Å². The number of alkyl halides is 1. The van der Waals surface area contributed by atoms with Crippen LogP contribution in [-0.4, -0.2) is 5.91 Å². The molecule has 0 spiro atoms. The van der Waals surface area contributed by atoms with E-state index in [9.17, 15) is 4.79 Å². The molecule has 0 fully saturated rings. The summed E-state index contributed by atoms with van der Waals surface area (Å²) >= 11 is 9.41. The third-order valence-electron chi connectivity index (χ3n) is 3.34. The number of carbonyl (C=O) groups is 1. The van der Waals surface area contributed by atoms with Gasteiger partial charge in [-0.1, -0.05) is 58.7 Å². The second-order valence-electron chi connectivity index (χ2n) is 4.82. The third kappa shape index (κ3) is 4.32. The van der Waals surface area contributed by atoms with Gasteiger partial charge in [0.25, 0.3) is 5.91 Å². The van der Waals surface area contributed by atoms with Crippen molar-refractivity contribution < 1.29 is 4.79 Å². The van der Waals surface area contributed by atoms with Gasteiger partial charge in [-0.25, -0.2) is 0 Å². The first-order chi connectivity index (χ1) is 10.1. The molecule has 0 aliphatic carbocycles. The van der Waals surface area contributed by atoms with Crippen LogP contribution in [0.1, 0.15) is 40.9 Å². The number of rotatable bonds is 5. The SMILES string of the molecule is CCC(NC(=O)c1ccc(CBr)cc1)c1cccc(Cl)c1. The number of benzene rings is 2. The summed E-state index contributed by atoms with van der Waals surface area (Å²) < 4.78 is 0. The molecule has 2 nitrogen and oxygen atoms in total. The molecule has 1 N–H and O–H groups in total. The Morgan fingerprint density at radius 2 is 1.95 bits per heavy atom. The predicted molar refractivity (Wildman–Crippen MR) is 91.0 cm³/mol. The van der Waals surface area contributed by atoms with Crippen LogP contribution >= 0.6 is 27.5 Å². The molecular weight excluding hydrogens is 350 g/mol. The van der Waals surface area contributed by atoms with Crippen molar-refractivity contribution in [2.45, 2.75) is 24.7 Å². The number of hydrogen-bond acceptors (Lipinski definition) is 1. The third-order valence-corrected chi connectivity index (χ3v) is 4.22. The van der Waals surface area contributed by atoms with Crippen LogP contribution in [0.15, 0.2) is 48.5 Å². The minimum atomic E-state index is -0.0667. The lowest BCUT2D eigenvalue weighted by atomic mass is 10.0. The van der Waals surface area contributed by atoms with Gasteiger partial charge < -0.3 is 5.32 Å². The smallest absolute Gasteiger partial charge is 0.251 e. The summed E-state index contributed by atoms with van der Waals surface area (Å²) in [6.07, 6.45) is 0.811. The Labute approximate surface area is 138 Å². The highest BCUT2D eigenvalue weighted by molar-refractivity contribution is 9.08. The Morgan fingerprint density at radius 1 is 1.24 bits per heavy atom. The van der Waals surface area contributed by atoms with Crippen LogP contribution < -0.4 is 5.32 Å². The second kappa shape index (κ2) is 7.62.